The first-order valence-electron chi connectivity index (χ1n) is 5.25. The number of anilines is 1. The molecule has 1 aromatic carbocycles. The molecule has 0 aliphatic heterocycles. The van der Waals surface area contributed by atoms with Crippen molar-refractivity contribution in [1.29, 1.82) is 5.26 Å². The number of nitrogens with one attached hydrogen (secondary N) is 1. The summed E-state index contributed by atoms with van der Waals surface area (Å²) in [4.78, 5) is 3.46. The summed E-state index contributed by atoms with van der Waals surface area (Å²) in [7, 11) is 0. The minimum Gasteiger partial charge on any atom is -0.436 e. The quantitative estimate of drug-likeness (QED) is 0.666. The van der Waals surface area contributed by atoms with Crippen molar-refractivity contribution < 1.29 is 17.9 Å². The number of hydrazine groups is 1. The average Bonchev–Trinajstić information content (AvgIpc) is 2.42. The molecular formula is C12H7F3N4O. The van der Waals surface area contributed by atoms with Gasteiger partial charge < -0.3 is 10.2 Å². The maximum Gasteiger partial charge on any atom is 0.258 e. The van der Waals surface area contributed by atoms with E-state index in [2.05, 4.69) is 4.98 Å². The molecule has 0 aliphatic rings. The van der Waals surface area contributed by atoms with E-state index in [1.54, 1.807) is 6.07 Å². The van der Waals surface area contributed by atoms with Gasteiger partial charge in [-0.1, -0.05) is 0 Å². The fourth-order valence-electron chi connectivity index (χ4n) is 1.38. The Morgan fingerprint density at radius 1 is 1.15 bits per heavy atom. The van der Waals surface area contributed by atoms with E-state index in [1.807, 2.05) is 5.43 Å². The molecule has 0 bridgehead atoms. The van der Waals surface area contributed by atoms with Crippen LogP contribution in [0.5, 0.6) is 11.6 Å². The van der Waals surface area contributed by atoms with Gasteiger partial charge in [0.15, 0.2) is 17.5 Å². The SMILES string of the molecule is N#Cc1ccc(Oc2nc(NN)c(F)cc2F)cc1F. The van der Waals surface area contributed by atoms with E-state index in [0.29, 0.717) is 6.07 Å². The Morgan fingerprint density at radius 3 is 2.50 bits per heavy atom. The van der Waals surface area contributed by atoms with E-state index in [-0.39, 0.29) is 11.3 Å². The fourth-order valence-corrected chi connectivity index (χ4v) is 1.38. The van der Waals surface area contributed by atoms with E-state index >= 15 is 0 Å². The van der Waals surface area contributed by atoms with Gasteiger partial charge in [0.25, 0.3) is 5.88 Å². The minimum atomic E-state index is -1.08. The summed E-state index contributed by atoms with van der Waals surface area (Å²) in [6.45, 7) is 0. The molecule has 0 unspecified atom stereocenters. The van der Waals surface area contributed by atoms with Crippen LogP contribution in [0.25, 0.3) is 0 Å². The van der Waals surface area contributed by atoms with Gasteiger partial charge in [-0.05, 0) is 12.1 Å². The van der Waals surface area contributed by atoms with Crippen LogP contribution in [0.15, 0.2) is 24.3 Å². The molecule has 0 radical (unpaired) electrons. The van der Waals surface area contributed by atoms with Crippen molar-refractivity contribution in [2.75, 3.05) is 5.43 Å². The number of nitrogens with two attached hydrogens (primary N) is 1. The average molecular weight is 280 g/mol. The smallest absolute Gasteiger partial charge is 0.258 e. The van der Waals surface area contributed by atoms with Gasteiger partial charge in [0.1, 0.15) is 17.6 Å². The van der Waals surface area contributed by atoms with E-state index in [1.165, 1.54) is 6.07 Å². The fraction of sp³-hybridized carbons (Fsp3) is 0. The largest absolute Gasteiger partial charge is 0.436 e. The van der Waals surface area contributed by atoms with Crippen molar-refractivity contribution in [2.24, 2.45) is 5.84 Å². The second-order valence-corrected chi connectivity index (χ2v) is 3.61. The zero-order chi connectivity index (χ0) is 14.7. The van der Waals surface area contributed by atoms with Gasteiger partial charge in [0, 0.05) is 12.1 Å². The highest BCUT2D eigenvalue weighted by Gasteiger charge is 2.14. The third-order valence-electron chi connectivity index (χ3n) is 2.31. The van der Waals surface area contributed by atoms with Gasteiger partial charge in [0.05, 0.1) is 5.56 Å². The Hall–Kier alpha value is -2.79. The van der Waals surface area contributed by atoms with Crippen LogP contribution in [0.3, 0.4) is 0 Å². The number of nitrogens with zero attached hydrogens (tertiary/aromatic N) is 2. The minimum absolute atomic E-state index is 0.0949. The molecule has 0 amide bonds. The van der Waals surface area contributed by atoms with Gasteiger partial charge in [-0.3, -0.25) is 0 Å². The lowest BCUT2D eigenvalue weighted by atomic mass is 10.2. The lowest BCUT2D eigenvalue weighted by Crippen LogP contribution is -2.11. The molecule has 3 N–H and O–H groups in total. The predicted molar refractivity (Wildman–Crippen MR) is 63.2 cm³/mol. The molecule has 0 aliphatic carbocycles. The summed E-state index contributed by atoms with van der Waals surface area (Å²) >= 11 is 0. The molecule has 2 aromatic rings. The second kappa shape index (κ2) is 5.46. The number of aromatic nitrogens is 1. The maximum absolute atomic E-state index is 13.5. The van der Waals surface area contributed by atoms with Crippen LogP contribution >= 0.6 is 0 Å². The summed E-state index contributed by atoms with van der Waals surface area (Å²) in [5.74, 6) is 0.999. The highest BCUT2D eigenvalue weighted by atomic mass is 19.1. The van der Waals surface area contributed by atoms with Crippen LogP contribution in [-0.4, -0.2) is 4.98 Å². The normalized spacial score (nSPS) is 9.95. The summed E-state index contributed by atoms with van der Waals surface area (Å²) in [6.07, 6.45) is 0. The summed E-state index contributed by atoms with van der Waals surface area (Å²) in [5.41, 5.74) is 1.74. The molecule has 0 saturated heterocycles. The van der Waals surface area contributed by atoms with E-state index in [0.717, 1.165) is 12.1 Å². The van der Waals surface area contributed by atoms with Crippen molar-refractivity contribution in [3.63, 3.8) is 0 Å². The topological polar surface area (TPSA) is 84.0 Å². The first-order valence-corrected chi connectivity index (χ1v) is 5.25. The van der Waals surface area contributed by atoms with Crippen LogP contribution in [0, 0.1) is 28.8 Å². The molecule has 1 aromatic heterocycles. The summed E-state index contributed by atoms with van der Waals surface area (Å²) in [5, 5.41) is 8.58. The van der Waals surface area contributed by atoms with Gasteiger partial charge in [-0.2, -0.15) is 10.2 Å². The summed E-state index contributed by atoms with van der Waals surface area (Å²) < 4.78 is 44.9. The standard InChI is InChI=1S/C12H7F3N4O/c13-8-3-7(2-1-6(8)5-16)20-12-10(15)4-9(14)11(18-12)19-17/h1-4H,17H2,(H,18,19). The Balaban J connectivity index is 2.35. The van der Waals surface area contributed by atoms with Crippen LogP contribution in [0.1, 0.15) is 5.56 Å². The molecule has 8 heteroatoms. The Labute approximate surface area is 111 Å². The maximum atomic E-state index is 13.5. The Kier molecular flexibility index (Phi) is 3.72. The van der Waals surface area contributed by atoms with Crippen molar-refractivity contribution >= 4 is 5.82 Å². The molecule has 0 atom stereocenters. The number of rotatable bonds is 3. The first-order chi connectivity index (χ1) is 9.55. The molecule has 5 nitrogen and oxygen atoms in total. The van der Waals surface area contributed by atoms with Gasteiger partial charge in [0.2, 0.25) is 0 Å². The molecule has 102 valence electrons. The highest BCUT2D eigenvalue weighted by molar-refractivity contribution is 5.41. The molecule has 2 rings (SSSR count). The number of benzene rings is 1. The summed E-state index contributed by atoms with van der Waals surface area (Å²) in [6, 6.07) is 5.45. The molecule has 0 saturated carbocycles. The van der Waals surface area contributed by atoms with Gasteiger partial charge >= 0.3 is 0 Å². The number of hydrogen-bond donors (Lipinski definition) is 2. The van der Waals surface area contributed by atoms with E-state index in [4.69, 9.17) is 15.8 Å². The zero-order valence-corrected chi connectivity index (χ0v) is 9.82. The number of halogens is 3. The Morgan fingerprint density at radius 2 is 1.90 bits per heavy atom. The Bertz CT molecular complexity index is 700. The first kappa shape index (κ1) is 13.6. The number of pyridine rings is 1. The molecule has 0 spiro atoms. The van der Waals surface area contributed by atoms with Crippen LogP contribution < -0.4 is 16.0 Å². The third kappa shape index (κ3) is 2.62. The number of nitrogen functional groups attached to an aromatic ring is 1. The number of nitriles is 1. The molecular weight excluding hydrogens is 273 g/mol. The van der Waals surface area contributed by atoms with E-state index in [9.17, 15) is 13.2 Å². The number of ether oxygens (including phenoxy) is 1. The predicted octanol–water partition coefficient (Wildman–Crippen LogP) is 2.45. The van der Waals surface area contributed by atoms with Crippen molar-refractivity contribution in [3.05, 3.63) is 47.3 Å². The van der Waals surface area contributed by atoms with Crippen LogP contribution in [-0.2, 0) is 0 Å². The van der Waals surface area contributed by atoms with Gasteiger partial charge in [-0.15, -0.1) is 0 Å². The second-order valence-electron chi connectivity index (χ2n) is 3.61. The third-order valence-corrected chi connectivity index (χ3v) is 2.31. The monoisotopic (exact) mass is 280 g/mol. The van der Waals surface area contributed by atoms with Crippen molar-refractivity contribution in [1.82, 2.24) is 4.98 Å². The molecule has 20 heavy (non-hydrogen) atoms. The van der Waals surface area contributed by atoms with Gasteiger partial charge in [-0.25, -0.2) is 19.0 Å². The van der Waals surface area contributed by atoms with Crippen LogP contribution in [0.2, 0.25) is 0 Å². The zero-order valence-electron chi connectivity index (χ0n) is 9.82. The highest BCUT2D eigenvalue weighted by Crippen LogP contribution is 2.26. The lowest BCUT2D eigenvalue weighted by molar-refractivity contribution is 0.415. The molecule has 0 fully saturated rings. The van der Waals surface area contributed by atoms with E-state index < -0.39 is 29.1 Å². The van der Waals surface area contributed by atoms with Crippen molar-refractivity contribution in [2.45, 2.75) is 0 Å². The number of hydrogen-bond acceptors (Lipinski definition) is 5. The molecule has 1 heterocycles. The van der Waals surface area contributed by atoms with Crippen LogP contribution in [0.4, 0.5) is 19.0 Å². The lowest BCUT2D eigenvalue weighted by Gasteiger charge is -2.08. The van der Waals surface area contributed by atoms with Crippen molar-refractivity contribution in [3.8, 4) is 17.7 Å².